The van der Waals surface area contributed by atoms with Gasteiger partial charge in [0.05, 0.1) is 21.9 Å². The van der Waals surface area contributed by atoms with Gasteiger partial charge < -0.3 is 0 Å². The van der Waals surface area contributed by atoms with Crippen molar-refractivity contribution < 1.29 is 0 Å². The first-order chi connectivity index (χ1) is 8.25. The van der Waals surface area contributed by atoms with Gasteiger partial charge in [0.1, 0.15) is 5.15 Å². The van der Waals surface area contributed by atoms with Crippen LogP contribution in [-0.2, 0) is 0 Å². The van der Waals surface area contributed by atoms with Crippen molar-refractivity contribution in [1.82, 2.24) is 14.6 Å². The molecule has 1 aromatic carbocycles. The molecule has 0 saturated carbocycles. The molecule has 0 aliphatic carbocycles. The summed E-state index contributed by atoms with van der Waals surface area (Å²) in [5, 5.41) is 4.62. The minimum atomic E-state index is 0.507. The molecule has 0 unspecified atom stereocenters. The van der Waals surface area contributed by atoms with E-state index in [4.69, 9.17) is 11.6 Å². The van der Waals surface area contributed by atoms with Crippen molar-refractivity contribution >= 4 is 33.2 Å². The van der Waals surface area contributed by atoms with E-state index in [1.807, 2.05) is 12.1 Å². The summed E-state index contributed by atoms with van der Waals surface area (Å²) in [6, 6.07) is 13.2. The zero-order chi connectivity index (χ0) is 11.8. The second kappa shape index (κ2) is 4.02. The van der Waals surface area contributed by atoms with Crippen LogP contribution in [0.1, 0.15) is 0 Å². The van der Waals surface area contributed by atoms with Crippen LogP contribution in [0.5, 0.6) is 0 Å². The van der Waals surface area contributed by atoms with Crippen molar-refractivity contribution in [2.45, 2.75) is 0 Å². The fourth-order valence-corrected chi connectivity index (χ4v) is 2.12. The first kappa shape index (κ1) is 10.6. The van der Waals surface area contributed by atoms with E-state index in [2.05, 4.69) is 38.1 Å². The van der Waals surface area contributed by atoms with E-state index < -0.39 is 0 Å². The molecular formula is C12H5BrClN3. The van der Waals surface area contributed by atoms with Gasteiger partial charge in [-0.3, -0.25) is 0 Å². The summed E-state index contributed by atoms with van der Waals surface area (Å²) >= 11 is 9.53. The third kappa shape index (κ3) is 1.78. The Morgan fingerprint density at radius 1 is 1.41 bits per heavy atom. The summed E-state index contributed by atoms with van der Waals surface area (Å²) in [5.41, 5.74) is 2.29. The van der Waals surface area contributed by atoms with Crippen LogP contribution in [0.25, 0.3) is 16.9 Å². The van der Waals surface area contributed by atoms with Crippen molar-refractivity contribution in [2.75, 3.05) is 0 Å². The SMILES string of the molecule is Clc1cc(-c2c#cccc2)nc2c(Br)cnn12. The second-order valence-corrected chi connectivity index (χ2v) is 4.64. The van der Waals surface area contributed by atoms with Crippen LogP contribution in [0.15, 0.2) is 34.9 Å². The van der Waals surface area contributed by atoms with Crippen molar-refractivity contribution in [1.29, 1.82) is 0 Å². The monoisotopic (exact) mass is 305 g/mol. The molecule has 0 amide bonds. The largest absolute Gasteiger partial charge is 0.227 e. The lowest BCUT2D eigenvalue weighted by Crippen LogP contribution is -1.94. The van der Waals surface area contributed by atoms with Gasteiger partial charge in [0.2, 0.25) is 0 Å². The third-order valence-corrected chi connectivity index (χ3v) is 3.14. The van der Waals surface area contributed by atoms with Crippen molar-refractivity contribution in [3.8, 4) is 11.3 Å². The summed E-state index contributed by atoms with van der Waals surface area (Å²) in [7, 11) is 0. The molecular weight excluding hydrogens is 302 g/mol. The predicted octanol–water partition coefficient (Wildman–Crippen LogP) is 3.41. The second-order valence-electron chi connectivity index (χ2n) is 3.40. The van der Waals surface area contributed by atoms with Gasteiger partial charge in [-0.05, 0) is 28.1 Å². The number of halogens is 2. The van der Waals surface area contributed by atoms with E-state index in [0.29, 0.717) is 10.8 Å². The molecule has 0 aliphatic rings. The highest BCUT2D eigenvalue weighted by Crippen LogP contribution is 2.24. The average Bonchev–Trinajstić information content (AvgIpc) is 2.73. The maximum atomic E-state index is 6.14. The molecule has 0 saturated heterocycles. The van der Waals surface area contributed by atoms with Crippen LogP contribution in [0.2, 0.25) is 5.15 Å². The third-order valence-electron chi connectivity index (χ3n) is 2.31. The Hall–Kier alpha value is -1.57. The first-order valence-corrected chi connectivity index (χ1v) is 6.01. The highest BCUT2D eigenvalue weighted by atomic mass is 79.9. The summed E-state index contributed by atoms with van der Waals surface area (Å²) in [4.78, 5) is 4.48. The molecule has 17 heavy (non-hydrogen) atoms. The smallest absolute Gasteiger partial charge is 0.171 e. The Morgan fingerprint density at radius 3 is 3.06 bits per heavy atom. The van der Waals surface area contributed by atoms with Gasteiger partial charge in [-0.1, -0.05) is 29.8 Å². The van der Waals surface area contributed by atoms with E-state index in [1.165, 1.54) is 0 Å². The molecule has 0 radical (unpaired) electrons. The van der Waals surface area contributed by atoms with E-state index in [1.54, 1.807) is 22.8 Å². The molecule has 0 bridgehead atoms. The Morgan fingerprint density at radius 2 is 2.29 bits per heavy atom. The quantitative estimate of drug-likeness (QED) is 0.645. The molecule has 2 heterocycles. The number of rotatable bonds is 1. The van der Waals surface area contributed by atoms with Crippen LogP contribution in [0.3, 0.4) is 0 Å². The molecule has 82 valence electrons. The summed E-state index contributed by atoms with van der Waals surface area (Å²) < 4.78 is 2.38. The van der Waals surface area contributed by atoms with Crippen molar-refractivity contribution in [3.63, 3.8) is 0 Å². The number of hydrogen-bond acceptors (Lipinski definition) is 2. The van der Waals surface area contributed by atoms with Crippen LogP contribution >= 0.6 is 27.5 Å². The van der Waals surface area contributed by atoms with E-state index in [0.717, 1.165) is 15.7 Å². The van der Waals surface area contributed by atoms with Gasteiger partial charge in [0.15, 0.2) is 5.65 Å². The number of nitrogens with zero attached hydrogens (tertiary/aromatic N) is 3. The highest BCUT2D eigenvalue weighted by Gasteiger charge is 2.09. The predicted molar refractivity (Wildman–Crippen MR) is 68.8 cm³/mol. The van der Waals surface area contributed by atoms with E-state index in [-0.39, 0.29) is 0 Å². The number of hydrogen-bond donors (Lipinski definition) is 0. The lowest BCUT2D eigenvalue weighted by Gasteiger charge is -2.01. The molecule has 0 N–H and O–H groups in total. The molecule has 5 heteroatoms. The van der Waals surface area contributed by atoms with Gasteiger partial charge in [-0.25, -0.2) is 9.50 Å². The minimum absolute atomic E-state index is 0.507. The molecule has 0 aliphatic heterocycles. The maximum absolute atomic E-state index is 6.14. The highest BCUT2D eigenvalue weighted by molar-refractivity contribution is 9.10. The molecule has 2 aromatic heterocycles. The van der Waals surface area contributed by atoms with E-state index in [9.17, 15) is 0 Å². The first-order valence-electron chi connectivity index (χ1n) is 4.84. The normalized spacial score (nSPS) is 10.5. The molecule has 0 fully saturated rings. The van der Waals surface area contributed by atoms with Crippen LogP contribution < -0.4 is 0 Å². The van der Waals surface area contributed by atoms with Gasteiger partial charge in [-0.15, -0.1) is 0 Å². The summed E-state index contributed by atoms with van der Waals surface area (Å²) in [6.07, 6.45) is 1.67. The molecule has 3 nitrogen and oxygen atoms in total. The molecule has 3 rings (SSSR count). The number of fused-ring (bicyclic) bond motifs is 1. The van der Waals surface area contributed by atoms with Crippen LogP contribution in [0, 0.1) is 12.1 Å². The fraction of sp³-hybridized carbons (Fsp3) is 0. The summed E-state index contributed by atoms with van der Waals surface area (Å²) in [6.45, 7) is 0. The Labute approximate surface area is 111 Å². The summed E-state index contributed by atoms with van der Waals surface area (Å²) in [5.74, 6) is 0. The fourth-order valence-electron chi connectivity index (χ4n) is 1.54. The zero-order valence-corrected chi connectivity index (χ0v) is 10.8. The van der Waals surface area contributed by atoms with Gasteiger partial charge in [0, 0.05) is 6.07 Å². The average molecular weight is 307 g/mol. The Balaban J connectivity index is 2.28. The molecule has 3 aromatic rings. The minimum Gasteiger partial charge on any atom is -0.227 e. The Bertz CT molecular complexity index is 679. The Kier molecular flexibility index (Phi) is 2.50. The lowest BCUT2D eigenvalue weighted by atomic mass is 10.2. The van der Waals surface area contributed by atoms with Crippen molar-refractivity contribution in [3.05, 3.63) is 52.2 Å². The van der Waals surface area contributed by atoms with Crippen molar-refractivity contribution in [2.24, 2.45) is 0 Å². The maximum Gasteiger partial charge on any atom is 0.171 e. The number of aromatic nitrogens is 3. The molecule has 0 spiro atoms. The van der Waals surface area contributed by atoms with Gasteiger partial charge in [0.25, 0.3) is 0 Å². The van der Waals surface area contributed by atoms with E-state index >= 15 is 0 Å². The van der Waals surface area contributed by atoms with Crippen LogP contribution in [-0.4, -0.2) is 14.6 Å². The lowest BCUT2D eigenvalue weighted by molar-refractivity contribution is 0.942. The van der Waals surface area contributed by atoms with Gasteiger partial charge >= 0.3 is 0 Å². The standard InChI is InChI=1S/C12H5BrClN3/c13-9-7-15-17-11(14)6-10(16-12(9)17)8-4-2-1-3-5-8/h1-2,4,6-7H. The van der Waals surface area contributed by atoms with Gasteiger partial charge in [-0.2, -0.15) is 5.10 Å². The topological polar surface area (TPSA) is 30.2 Å². The zero-order valence-electron chi connectivity index (χ0n) is 8.48. The van der Waals surface area contributed by atoms with Crippen LogP contribution in [0.4, 0.5) is 0 Å². The molecule has 0 atom stereocenters.